The summed E-state index contributed by atoms with van der Waals surface area (Å²) >= 11 is 7.71. The van der Waals surface area contributed by atoms with Gasteiger partial charge in [-0.3, -0.25) is 14.6 Å². The first-order chi connectivity index (χ1) is 18.3. The Kier molecular flexibility index (Phi) is 7.67. The number of nitrogens with one attached hydrogen (secondary N) is 2. The Labute approximate surface area is 231 Å². The lowest BCUT2D eigenvalue weighted by Gasteiger charge is -2.36. The molecule has 3 aromatic rings. The third-order valence-corrected chi connectivity index (χ3v) is 7.99. The van der Waals surface area contributed by atoms with Crippen molar-refractivity contribution in [3.8, 4) is 5.75 Å². The van der Waals surface area contributed by atoms with Gasteiger partial charge in [-0.05, 0) is 51.0 Å². The maximum atomic E-state index is 13.2. The number of benzene rings is 2. The van der Waals surface area contributed by atoms with Crippen molar-refractivity contribution < 1.29 is 14.3 Å². The molecule has 10 heteroatoms. The summed E-state index contributed by atoms with van der Waals surface area (Å²) in [6.45, 7) is 6.33. The molecule has 1 saturated heterocycles. The first-order valence-corrected chi connectivity index (χ1v) is 13.9. The van der Waals surface area contributed by atoms with Crippen molar-refractivity contribution in [3.05, 3.63) is 75.2 Å². The van der Waals surface area contributed by atoms with Crippen LogP contribution in [0.5, 0.6) is 5.75 Å². The minimum atomic E-state index is -1.04. The molecule has 38 heavy (non-hydrogen) atoms. The number of para-hydroxylation sites is 1. The predicted molar refractivity (Wildman–Crippen MR) is 151 cm³/mol. The molecule has 2 aliphatic rings. The van der Waals surface area contributed by atoms with Crippen LogP contribution in [-0.2, 0) is 4.79 Å². The summed E-state index contributed by atoms with van der Waals surface area (Å²) in [5.41, 5.74) is 1.01. The Bertz CT molecular complexity index is 1360. The first kappa shape index (κ1) is 26.2. The molecular formula is C28H30ClN5O3S. The normalized spacial score (nSPS) is 16.1. The Morgan fingerprint density at radius 2 is 1.95 bits per heavy atom. The third-order valence-electron chi connectivity index (χ3n) is 6.67. The van der Waals surface area contributed by atoms with Crippen LogP contribution in [0, 0.1) is 0 Å². The van der Waals surface area contributed by atoms with Gasteiger partial charge in [-0.25, -0.2) is 4.98 Å². The number of halogens is 1. The SMILES string of the molecule is CC(C)(Oc1ccccc1Cl)C(=O)N1CCC(c2nc(C(=O)Nc3cccc(C4=NCCN4)c3)cs2)CC1. The second kappa shape index (κ2) is 11.1. The highest BCUT2D eigenvalue weighted by atomic mass is 35.5. The molecule has 0 bridgehead atoms. The summed E-state index contributed by atoms with van der Waals surface area (Å²) in [5, 5.41) is 9.39. The van der Waals surface area contributed by atoms with Gasteiger partial charge in [-0.2, -0.15) is 0 Å². The van der Waals surface area contributed by atoms with E-state index in [0.717, 1.165) is 42.3 Å². The van der Waals surface area contributed by atoms with Crippen molar-refractivity contribution in [1.82, 2.24) is 15.2 Å². The van der Waals surface area contributed by atoms with E-state index in [2.05, 4.69) is 20.6 Å². The minimum absolute atomic E-state index is 0.0731. The number of piperidine rings is 1. The molecule has 2 N–H and O–H groups in total. The molecular weight excluding hydrogens is 522 g/mol. The molecule has 0 spiro atoms. The number of carbonyl (C=O) groups excluding carboxylic acids is 2. The standard InChI is InChI=1S/C28H30ClN5O3S/c1-28(2,37-23-9-4-3-8-21(23)29)27(36)34-14-10-18(11-15-34)26-33-22(17-38-26)25(35)32-20-7-5-6-19(16-20)24-30-12-13-31-24/h3-9,16-18H,10-15H2,1-2H3,(H,30,31)(H,32,35). The zero-order valence-electron chi connectivity index (χ0n) is 21.4. The number of likely N-dealkylation sites (tertiary alicyclic amines) is 1. The third kappa shape index (κ3) is 5.84. The number of amides is 2. The van der Waals surface area contributed by atoms with E-state index in [9.17, 15) is 9.59 Å². The summed E-state index contributed by atoms with van der Waals surface area (Å²) < 4.78 is 5.99. The molecule has 0 aliphatic carbocycles. The van der Waals surface area contributed by atoms with Gasteiger partial charge in [-0.15, -0.1) is 11.3 Å². The monoisotopic (exact) mass is 551 g/mol. The summed E-state index contributed by atoms with van der Waals surface area (Å²) in [7, 11) is 0. The van der Waals surface area contributed by atoms with Crippen LogP contribution in [-0.4, -0.2) is 59.3 Å². The number of ether oxygens (including phenoxy) is 1. The number of aromatic nitrogens is 1. The fourth-order valence-corrected chi connectivity index (χ4v) is 5.81. The highest BCUT2D eigenvalue weighted by Crippen LogP contribution is 2.33. The molecule has 198 valence electrons. The highest BCUT2D eigenvalue weighted by Gasteiger charge is 2.37. The maximum Gasteiger partial charge on any atom is 0.275 e. The van der Waals surface area contributed by atoms with Crippen LogP contribution in [0.4, 0.5) is 5.69 Å². The van der Waals surface area contributed by atoms with Gasteiger partial charge in [0.2, 0.25) is 0 Å². The number of hydrogen-bond acceptors (Lipinski definition) is 7. The van der Waals surface area contributed by atoms with E-state index in [-0.39, 0.29) is 17.7 Å². The molecule has 2 amide bonds. The molecule has 2 aromatic carbocycles. The number of aliphatic imine (C=N–C) groups is 1. The van der Waals surface area contributed by atoms with Gasteiger partial charge in [-0.1, -0.05) is 35.9 Å². The summed E-state index contributed by atoms with van der Waals surface area (Å²) in [4.78, 5) is 37.0. The molecule has 2 aliphatic heterocycles. The summed E-state index contributed by atoms with van der Waals surface area (Å²) in [6, 6.07) is 14.8. The Morgan fingerprint density at radius 1 is 1.16 bits per heavy atom. The predicted octanol–water partition coefficient (Wildman–Crippen LogP) is 4.96. The molecule has 0 radical (unpaired) electrons. The van der Waals surface area contributed by atoms with Crippen molar-refractivity contribution in [2.45, 2.75) is 38.2 Å². The number of amidine groups is 1. The van der Waals surface area contributed by atoms with Crippen LogP contribution in [0.15, 0.2) is 58.9 Å². The van der Waals surface area contributed by atoms with E-state index in [1.54, 1.807) is 31.4 Å². The molecule has 1 aromatic heterocycles. The van der Waals surface area contributed by atoms with Crippen molar-refractivity contribution in [2.24, 2.45) is 4.99 Å². The Morgan fingerprint density at radius 3 is 2.68 bits per heavy atom. The second-order valence-corrected chi connectivity index (χ2v) is 11.2. The van der Waals surface area contributed by atoms with E-state index >= 15 is 0 Å². The lowest BCUT2D eigenvalue weighted by Crippen LogP contribution is -2.51. The van der Waals surface area contributed by atoms with Gasteiger partial charge < -0.3 is 20.3 Å². The summed E-state index contributed by atoms with van der Waals surface area (Å²) in [6.07, 6.45) is 1.55. The van der Waals surface area contributed by atoms with Gasteiger partial charge in [0.05, 0.1) is 16.6 Å². The summed E-state index contributed by atoms with van der Waals surface area (Å²) in [5.74, 6) is 1.23. The molecule has 5 rings (SSSR count). The molecule has 0 unspecified atom stereocenters. The van der Waals surface area contributed by atoms with Gasteiger partial charge in [0.1, 0.15) is 17.3 Å². The quantitative estimate of drug-likeness (QED) is 0.432. The fraction of sp³-hybridized carbons (Fsp3) is 0.357. The topological polar surface area (TPSA) is 95.9 Å². The van der Waals surface area contributed by atoms with Crippen molar-refractivity contribution in [2.75, 3.05) is 31.5 Å². The van der Waals surface area contributed by atoms with Crippen LogP contribution in [0.1, 0.15) is 53.7 Å². The molecule has 0 atom stereocenters. The number of rotatable bonds is 7. The van der Waals surface area contributed by atoms with Gasteiger partial charge in [0, 0.05) is 42.2 Å². The first-order valence-electron chi connectivity index (χ1n) is 12.7. The number of thiazole rings is 1. The smallest absolute Gasteiger partial charge is 0.275 e. The fourth-order valence-electron chi connectivity index (χ4n) is 4.67. The van der Waals surface area contributed by atoms with Crippen LogP contribution in [0.2, 0.25) is 5.02 Å². The molecule has 8 nitrogen and oxygen atoms in total. The van der Waals surface area contributed by atoms with Crippen molar-refractivity contribution >= 4 is 46.3 Å². The molecule has 0 saturated carbocycles. The van der Waals surface area contributed by atoms with Crippen molar-refractivity contribution in [3.63, 3.8) is 0 Å². The second-order valence-electron chi connectivity index (χ2n) is 9.87. The highest BCUT2D eigenvalue weighted by molar-refractivity contribution is 7.10. The average Bonchev–Trinajstić information content (AvgIpc) is 3.63. The zero-order chi connectivity index (χ0) is 26.7. The number of hydrogen-bond donors (Lipinski definition) is 2. The van der Waals surface area contributed by atoms with E-state index in [4.69, 9.17) is 16.3 Å². The van der Waals surface area contributed by atoms with Crippen LogP contribution in [0.25, 0.3) is 0 Å². The number of nitrogens with zero attached hydrogens (tertiary/aromatic N) is 3. The molecule has 1 fully saturated rings. The van der Waals surface area contributed by atoms with Gasteiger partial charge in [0.15, 0.2) is 5.60 Å². The lowest BCUT2D eigenvalue weighted by atomic mass is 9.96. The van der Waals surface area contributed by atoms with Crippen LogP contribution >= 0.6 is 22.9 Å². The Balaban J connectivity index is 1.16. The van der Waals surface area contributed by atoms with E-state index in [0.29, 0.717) is 35.2 Å². The van der Waals surface area contributed by atoms with Crippen LogP contribution < -0.4 is 15.4 Å². The van der Waals surface area contributed by atoms with Crippen LogP contribution in [0.3, 0.4) is 0 Å². The van der Waals surface area contributed by atoms with Gasteiger partial charge >= 0.3 is 0 Å². The minimum Gasteiger partial charge on any atom is -0.476 e. The number of anilines is 1. The van der Waals surface area contributed by atoms with E-state index < -0.39 is 5.60 Å². The Hall–Kier alpha value is -3.43. The lowest BCUT2D eigenvalue weighted by molar-refractivity contribution is -0.146. The molecule has 3 heterocycles. The van der Waals surface area contributed by atoms with Crippen molar-refractivity contribution in [1.29, 1.82) is 0 Å². The van der Waals surface area contributed by atoms with E-state index in [1.807, 2.05) is 41.3 Å². The largest absolute Gasteiger partial charge is 0.476 e. The number of carbonyl (C=O) groups is 2. The average molecular weight is 552 g/mol. The van der Waals surface area contributed by atoms with Gasteiger partial charge in [0.25, 0.3) is 11.8 Å². The zero-order valence-corrected chi connectivity index (χ0v) is 22.9. The maximum absolute atomic E-state index is 13.2. The van der Waals surface area contributed by atoms with E-state index in [1.165, 1.54) is 11.3 Å².